The van der Waals surface area contributed by atoms with Gasteiger partial charge in [0.1, 0.15) is 11.8 Å². The van der Waals surface area contributed by atoms with E-state index in [-0.39, 0.29) is 18.6 Å². The molecule has 1 N–H and O–H groups in total. The molecule has 1 amide bonds. The van der Waals surface area contributed by atoms with Crippen molar-refractivity contribution in [1.82, 2.24) is 19.9 Å². The summed E-state index contributed by atoms with van der Waals surface area (Å²) in [5.74, 6) is 0.718. The summed E-state index contributed by atoms with van der Waals surface area (Å²) in [4.78, 5) is 12.1. The number of pyridine rings is 1. The Morgan fingerprint density at radius 2 is 2.08 bits per heavy atom. The summed E-state index contributed by atoms with van der Waals surface area (Å²) in [6.45, 7) is 1.64. The molecule has 0 radical (unpaired) electrons. The van der Waals surface area contributed by atoms with E-state index in [0.29, 0.717) is 22.8 Å². The summed E-state index contributed by atoms with van der Waals surface area (Å²) in [5.41, 5.74) is 1.11. The lowest BCUT2D eigenvalue weighted by atomic mass is 10.2. The van der Waals surface area contributed by atoms with Crippen molar-refractivity contribution in [3.8, 4) is 11.8 Å². The molecule has 0 saturated carbocycles. The molecule has 0 aliphatic rings. The summed E-state index contributed by atoms with van der Waals surface area (Å²) >= 11 is 0. The summed E-state index contributed by atoms with van der Waals surface area (Å²) in [6.07, 6.45) is 1.84. The van der Waals surface area contributed by atoms with Crippen molar-refractivity contribution in [2.75, 3.05) is 6.61 Å². The van der Waals surface area contributed by atoms with Crippen LogP contribution in [0.2, 0.25) is 0 Å². The fraction of sp³-hybridized carbons (Fsp3) is 0.176. The van der Waals surface area contributed by atoms with Crippen LogP contribution in [0.3, 0.4) is 0 Å². The van der Waals surface area contributed by atoms with Gasteiger partial charge in [-0.25, -0.2) is 0 Å². The highest BCUT2D eigenvalue weighted by Gasteiger charge is 2.16. The lowest BCUT2D eigenvalue weighted by Gasteiger charge is -2.13. The topological polar surface area (TPSA) is 92.3 Å². The number of hydrogen-bond donors (Lipinski definition) is 1. The summed E-state index contributed by atoms with van der Waals surface area (Å²) < 4.78 is 7.23. The van der Waals surface area contributed by atoms with Crippen LogP contribution in [0.15, 0.2) is 48.7 Å². The number of fused-ring (bicyclic) bond motifs is 1. The van der Waals surface area contributed by atoms with Crippen LogP contribution < -0.4 is 10.1 Å². The van der Waals surface area contributed by atoms with Crippen LogP contribution in [-0.2, 0) is 4.79 Å². The van der Waals surface area contributed by atoms with Gasteiger partial charge in [0.15, 0.2) is 18.1 Å². The second-order valence-corrected chi connectivity index (χ2v) is 5.17. The quantitative estimate of drug-likeness (QED) is 0.774. The number of amides is 1. The number of rotatable bonds is 5. The van der Waals surface area contributed by atoms with Gasteiger partial charge in [-0.3, -0.25) is 9.20 Å². The van der Waals surface area contributed by atoms with E-state index in [1.54, 1.807) is 24.3 Å². The average molecular weight is 321 g/mol. The fourth-order valence-electron chi connectivity index (χ4n) is 2.33. The molecule has 0 aliphatic carbocycles. The first-order chi connectivity index (χ1) is 11.7. The van der Waals surface area contributed by atoms with Crippen molar-refractivity contribution >= 4 is 11.6 Å². The second kappa shape index (κ2) is 6.79. The number of aromatic nitrogens is 3. The normalized spacial score (nSPS) is 11.7. The van der Waals surface area contributed by atoms with Gasteiger partial charge in [0.25, 0.3) is 5.91 Å². The minimum absolute atomic E-state index is 0.181. The second-order valence-electron chi connectivity index (χ2n) is 5.17. The van der Waals surface area contributed by atoms with Gasteiger partial charge in [0, 0.05) is 6.20 Å². The standard InChI is InChI=1S/C17H15N5O2/c1-12(17-21-20-15-8-4-5-9-22(15)17)19-16(23)11-24-14-7-3-2-6-13(14)10-18/h2-9,12H,11H2,1H3,(H,19,23)/t12-/m0/s1. The third kappa shape index (κ3) is 3.17. The van der Waals surface area contributed by atoms with E-state index in [2.05, 4.69) is 15.5 Å². The molecule has 0 saturated heterocycles. The lowest BCUT2D eigenvalue weighted by molar-refractivity contribution is -0.123. The Hall–Kier alpha value is -3.40. The number of ether oxygens (including phenoxy) is 1. The Labute approximate surface area is 138 Å². The molecule has 2 aromatic heterocycles. The molecule has 0 bridgehead atoms. The maximum atomic E-state index is 12.1. The van der Waals surface area contributed by atoms with Crippen LogP contribution in [0.25, 0.3) is 5.65 Å². The summed E-state index contributed by atoms with van der Waals surface area (Å²) in [5, 5.41) is 20.0. The Kier molecular flexibility index (Phi) is 4.38. The molecule has 3 rings (SSSR count). The number of nitrogens with zero attached hydrogens (tertiary/aromatic N) is 4. The predicted molar refractivity (Wildman–Crippen MR) is 86.2 cm³/mol. The van der Waals surface area contributed by atoms with Crippen molar-refractivity contribution in [3.63, 3.8) is 0 Å². The first-order valence-corrected chi connectivity index (χ1v) is 7.40. The van der Waals surface area contributed by atoms with Gasteiger partial charge < -0.3 is 10.1 Å². The highest BCUT2D eigenvalue weighted by molar-refractivity contribution is 5.78. The first kappa shape index (κ1) is 15.5. The maximum Gasteiger partial charge on any atom is 0.258 e. The Morgan fingerprint density at radius 1 is 1.29 bits per heavy atom. The molecule has 24 heavy (non-hydrogen) atoms. The summed E-state index contributed by atoms with van der Waals surface area (Å²) in [7, 11) is 0. The molecule has 1 atom stereocenters. The van der Waals surface area contributed by atoms with E-state index in [9.17, 15) is 4.79 Å². The molecule has 2 heterocycles. The molecule has 0 spiro atoms. The van der Waals surface area contributed by atoms with Gasteiger partial charge in [-0.2, -0.15) is 5.26 Å². The van der Waals surface area contributed by atoms with Gasteiger partial charge in [-0.1, -0.05) is 18.2 Å². The minimum Gasteiger partial charge on any atom is -0.482 e. The number of carbonyl (C=O) groups excluding carboxylic acids is 1. The Balaban J connectivity index is 1.63. The maximum absolute atomic E-state index is 12.1. The number of benzene rings is 1. The number of nitriles is 1. The van der Waals surface area contributed by atoms with E-state index < -0.39 is 0 Å². The van der Waals surface area contributed by atoms with Gasteiger partial charge in [0.2, 0.25) is 0 Å². The van der Waals surface area contributed by atoms with Crippen LogP contribution in [0.1, 0.15) is 24.4 Å². The molecule has 0 unspecified atom stereocenters. The van der Waals surface area contributed by atoms with E-state index >= 15 is 0 Å². The molecular formula is C17H15N5O2. The van der Waals surface area contributed by atoms with E-state index in [1.807, 2.05) is 41.8 Å². The van der Waals surface area contributed by atoms with Crippen LogP contribution in [0.5, 0.6) is 5.75 Å². The zero-order valence-electron chi connectivity index (χ0n) is 13.0. The molecule has 7 nitrogen and oxygen atoms in total. The third-order valence-electron chi connectivity index (χ3n) is 3.47. The number of hydrogen-bond acceptors (Lipinski definition) is 5. The lowest BCUT2D eigenvalue weighted by Crippen LogP contribution is -2.32. The largest absolute Gasteiger partial charge is 0.482 e. The van der Waals surface area contributed by atoms with E-state index in [0.717, 1.165) is 0 Å². The minimum atomic E-state index is -0.329. The monoisotopic (exact) mass is 321 g/mol. The number of nitrogens with one attached hydrogen (secondary N) is 1. The highest BCUT2D eigenvalue weighted by atomic mass is 16.5. The van der Waals surface area contributed by atoms with Gasteiger partial charge >= 0.3 is 0 Å². The summed E-state index contributed by atoms with van der Waals surface area (Å²) in [6, 6.07) is 14.1. The van der Waals surface area contributed by atoms with Crippen molar-refractivity contribution in [1.29, 1.82) is 5.26 Å². The molecule has 1 aromatic carbocycles. The molecule has 0 aliphatic heterocycles. The van der Waals surface area contributed by atoms with Crippen LogP contribution in [0, 0.1) is 11.3 Å². The van der Waals surface area contributed by atoms with Crippen LogP contribution >= 0.6 is 0 Å². The van der Waals surface area contributed by atoms with Crippen LogP contribution in [0.4, 0.5) is 0 Å². The van der Waals surface area contributed by atoms with Crippen LogP contribution in [-0.4, -0.2) is 27.1 Å². The van der Waals surface area contributed by atoms with Crippen molar-refractivity contribution in [3.05, 3.63) is 60.0 Å². The predicted octanol–water partition coefficient (Wildman–Crippen LogP) is 1.86. The fourth-order valence-corrected chi connectivity index (χ4v) is 2.33. The SMILES string of the molecule is C[C@H](NC(=O)COc1ccccc1C#N)c1nnc2ccccn12. The smallest absolute Gasteiger partial charge is 0.258 e. The zero-order chi connectivity index (χ0) is 16.9. The average Bonchev–Trinajstić information content (AvgIpc) is 3.04. The molecule has 0 fully saturated rings. The number of para-hydroxylation sites is 1. The number of carbonyl (C=O) groups is 1. The molecular weight excluding hydrogens is 306 g/mol. The third-order valence-corrected chi connectivity index (χ3v) is 3.47. The van der Waals surface area contributed by atoms with Crippen molar-refractivity contribution in [2.24, 2.45) is 0 Å². The molecule has 3 aromatic rings. The van der Waals surface area contributed by atoms with E-state index in [1.165, 1.54) is 0 Å². The van der Waals surface area contributed by atoms with Gasteiger partial charge in [0.05, 0.1) is 11.6 Å². The first-order valence-electron chi connectivity index (χ1n) is 7.40. The molecule has 120 valence electrons. The zero-order valence-corrected chi connectivity index (χ0v) is 13.0. The Morgan fingerprint density at radius 3 is 2.92 bits per heavy atom. The highest BCUT2D eigenvalue weighted by Crippen LogP contribution is 2.16. The van der Waals surface area contributed by atoms with Crippen molar-refractivity contribution < 1.29 is 9.53 Å². The molecule has 7 heteroatoms. The van der Waals surface area contributed by atoms with Gasteiger partial charge in [-0.05, 0) is 31.2 Å². The van der Waals surface area contributed by atoms with Crippen molar-refractivity contribution in [2.45, 2.75) is 13.0 Å². The van der Waals surface area contributed by atoms with E-state index in [4.69, 9.17) is 10.00 Å². The Bertz CT molecular complexity index is 912. The van der Waals surface area contributed by atoms with Gasteiger partial charge in [-0.15, -0.1) is 10.2 Å².